The average molecular weight is 490 g/mol. The highest BCUT2D eigenvalue weighted by atomic mass is 127. The molecule has 0 bridgehead atoms. The van der Waals surface area contributed by atoms with Crippen LogP contribution in [0.2, 0.25) is 0 Å². The zero-order valence-corrected chi connectivity index (χ0v) is 17.7. The number of aliphatic hydroxyl groups is 2. The van der Waals surface area contributed by atoms with Crippen molar-refractivity contribution in [1.82, 2.24) is 0 Å². The van der Waals surface area contributed by atoms with Crippen LogP contribution in [0.15, 0.2) is 54.6 Å². The van der Waals surface area contributed by atoms with Gasteiger partial charge in [0.1, 0.15) is 11.5 Å². The highest BCUT2D eigenvalue weighted by Crippen LogP contribution is 2.37. The van der Waals surface area contributed by atoms with E-state index in [1.54, 1.807) is 24.3 Å². The largest absolute Gasteiger partial charge is 0.508 e. The fourth-order valence-electron chi connectivity index (χ4n) is 3.45. The van der Waals surface area contributed by atoms with Gasteiger partial charge in [0.05, 0.1) is 13.2 Å². The summed E-state index contributed by atoms with van der Waals surface area (Å²) in [5, 5.41) is 39.1. The molecule has 0 aliphatic carbocycles. The van der Waals surface area contributed by atoms with E-state index in [1.165, 1.54) is 9.13 Å². The van der Waals surface area contributed by atoms with Gasteiger partial charge in [0.15, 0.2) is 0 Å². The summed E-state index contributed by atoms with van der Waals surface area (Å²) >= 11 is 2.33. The first-order valence-corrected chi connectivity index (χ1v) is 10.2. The number of rotatable bonds is 6. The van der Waals surface area contributed by atoms with Gasteiger partial charge >= 0.3 is 0 Å². The smallest absolute Gasteiger partial charge is 0.121 e. The lowest BCUT2D eigenvalue weighted by molar-refractivity contribution is 0.275. The van der Waals surface area contributed by atoms with E-state index in [0.717, 1.165) is 23.1 Å². The van der Waals surface area contributed by atoms with E-state index in [1.807, 2.05) is 12.1 Å². The van der Waals surface area contributed by atoms with Crippen LogP contribution < -0.4 is 0 Å². The molecular formula is C23H23IO4. The third kappa shape index (κ3) is 4.16. The molecule has 0 aliphatic heterocycles. The number of benzene rings is 3. The van der Waals surface area contributed by atoms with Crippen molar-refractivity contribution in [2.24, 2.45) is 0 Å². The van der Waals surface area contributed by atoms with Crippen molar-refractivity contribution in [2.75, 3.05) is 0 Å². The fraction of sp³-hybridized carbons (Fsp3) is 0.217. The van der Waals surface area contributed by atoms with E-state index in [9.17, 15) is 20.4 Å². The molecule has 146 valence electrons. The van der Waals surface area contributed by atoms with Crippen molar-refractivity contribution in [3.63, 3.8) is 0 Å². The Kier molecular flexibility index (Phi) is 6.59. The van der Waals surface area contributed by atoms with Crippen molar-refractivity contribution >= 4 is 22.6 Å². The Morgan fingerprint density at radius 1 is 0.714 bits per heavy atom. The molecule has 0 unspecified atom stereocenters. The summed E-state index contributed by atoms with van der Waals surface area (Å²) < 4.78 is 1.20. The minimum atomic E-state index is -0.253. The molecule has 0 saturated carbocycles. The van der Waals surface area contributed by atoms with Crippen LogP contribution in [0.1, 0.15) is 46.2 Å². The standard InChI is InChI=1S/C23H23IO4/c1-2-14-9-15(3-6-20(14)24)23(16-4-7-21(27)18(10-16)12-25)17-5-8-22(28)19(11-17)13-26/h3-11,23,25-28H,2,12-13H2,1H3. The van der Waals surface area contributed by atoms with Gasteiger partial charge in [-0.3, -0.25) is 0 Å². The van der Waals surface area contributed by atoms with E-state index in [0.29, 0.717) is 11.1 Å². The number of halogens is 1. The Morgan fingerprint density at radius 3 is 1.57 bits per heavy atom. The Bertz CT molecular complexity index is 857. The van der Waals surface area contributed by atoms with Crippen molar-refractivity contribution in [3.05, 3.63) is 91.5 Å². The third-order valence-corrected chi connectivity index (χ3v) is 6.05. The molecule has 0 amide bonds. The lowest BCUT2D eigenvalue weighted by Gasteiger charge is -2.22. The van der Waals surface area contributed by atoms with Gasteiger partial charge in [-0.25, -0.2) is 0 Å². The van der Waals surface area contributed by atoms with Crippen molar-refractivity contribution in [1.29, 1.82) is 0 Å². The van der Waals surface area contributed by atoms with Crippen LogP contribution in [0, 0.1) is 3.57 Å². The summed E-state index contributed by atoms with van der Waals surface area (Å²) in [6.07, 6.45) is 0.910. The minimum absolute atomic E-state index is 0.0589. The van der Waals surface area contributed by atoms with Crippen LogP contribution in [-0.4, -0.2) is 20.4 Å². The average Bonchev–Trinajstić information content (AvgIpc) is 2.71. The van der Waals surface area contributed by atoms with E-state index in [2.05, 4.69) is 47.7 Å². The molecule has 0 saturated heterocycles. The Morgan fingerprint density at radius 2 is 1.14 bits per heavy atom. The number of aliphatic hydroxyl groups excluding tert-OH is 2. The second-order valence-electron chi connectivity index (χ2n) is 6.73. The quantitative estimate of drug-likeness (QED) is 0.305. The van der Waals surface area contributed by atoms with Crippen molar-refractivity contribution < 1.29 is 20.4 Å². The number of hydrogen-bond donors (Lipinski definition) is 4. The van der Waals surface area contributed by atoms with Gasteiger partial charge in [0.2, 0.25) is 0 Å². The van der Waals surface area contributed by atoms with Crippen LogP contribution in [0.4, 0.5) is 0 Å². The number of hydrogen-bond acceptors (Lipinski definition) is 4. The summed E-state index contributed by atoms with van der Waals surface area (Å²) in [6, 6.07) is 16.8. The lowest BCUT2D eigenvalue weighted by Crippen LogP contribution is -2.06. The number of aromatic hydroxyl groups is 2. The second-order valence-corrected chi connectivity index (χ2v) is 7.89. The second kappa shape index (κ2) is 8.94. The summed E-state index contributed by atoms with van der Waals surface area (Å²) in [7, 11) is 0. The molecule has 3 aromatic carbocycles. The SMILES string of the molecule is CCc1cc(C(c2ccc(O)c(CO)c2)c2ccc(O)c(CO)c2)ccc1I. The van der Waals surface area contributed by atoms with E-state index >= 15 is 0 Å². The monoisotopic (exact) mass is 490 g/mol. The molecule has 5 heteroatoms. The van der Waals surface area contributed by atoms with Gasteiger partial charge in [-0.2, -0.15) is 0 Å². The molecule has 0 radical (unpaired) electrons. The highest BCUT2D eigenvalue weighted by Gasteiger charge is 2.20. The molecule has 0 heterocycles. The fourth-order valence-corrected chi connectivity index (χ4v) is 4.16. The molecule has 0 spiro atoms. The van der Waals surface area contributed by atoms with Gasteiger partial charge in [-0.15, -0.1) is 0 Å². The molecule has 4 N–H and O–H groups in total. The highest BCUT2D eigenvalue weighted by molar-refractivity contribution is 14.1. The molecule has 4 nitrogen and oxygen atoms in total. The molecule has 0 aromatic heterocycles. The molecule has 0 aliphatic rings. The predicted octanol–water partition coefficient (Wildman–Crippen LogP) is 4.43. The van der Waals surface area contributed by atoms with Gasteiger partial charge in [-0.1, -0.05) is 31.2 Å². The molecule has 28 heavy (non-hydrogen) atoms. The maximum absolute atomic E-state index is 9.97. The molecular weight excluding hydrogens is 467 g/mol. The summed E-state index contributed by atoms with van der Waals surface area (Å²) in [5.74, 6) is -0.0497. The first kappa shape index (κ1) is 20.6. The maximum Gasteiger partial charge on any atom is 0.121 e. The van der Waals surface area contributed by atoms with Crippen LogP contribution in [0.3, 0.4) is 0 Å². The maximum atomic E-state index is 9.97. The van der Waals surface area contributed by atoms with Gasteiger partial charge in [0.25, 0.3) is 0 Å². The number of phenols is 2. The third-order valence-electron chi connectivity index (χ3n) is 5.00. The first-order valence-electron chi connectivity index (χ1n) is 9.12. The Balaban J connectivity index is 2.22. The molecule has 0 atom stereocenters. The normalized spacial score (nSPS) is 11.2. The van der Waals surface area contributed by atoms with Crippen molar-refractivity contribution in [2.45, 2.75) is 32.5 Å². The summed E-state index contributed by atoms with van der Waals surface area (Å²) in [5.41, 5.74) is 5.07. The number of aryl methyl sites for hydroxylation is 1. The lowest BCUT2D eigenvalue weighted by atomic mass is 9.83. The van der Waals surface area contributed by atoms with Crippen LogP contribution in [0.25, 0.3) is 0 Å². The summed E-state index contributed by atoms with van der Waals surface area (Å²) in [6.45, 7) is 1.61. The Hall–Kier alpha value is -2.09. The summed E-state index contributed by atoms with van der Waals surface area (Å²) in [4.78, 5) is 0. The van der Waals surface area contributed by atoms with Gasteiger partial charge in [0, 0.05) is 20.6 Å². The first-order chi connectivity index (χ1) is 13.5. The molecule has 0 fully saturated rings. The van der Waals surface area contributed by atoms with E-state index in [4.69, 9.17) is 0 Å². The van der Waals surface area contributed by atoms with Gasteiger partial charge in [-0.05, 0) is 81.6 Å². The van der Waals surface area contributed by atoms with E-state index < -0.39 is 0 Å². The van der Waals surface area contributed by atoms with Crippen LogP contribution in [0.5, 0.6) is 11.5 Å². The van der Waals surface area contributed by atoms with Crippen LogP contribution in [-0.2, 0) is 19.6 Å². The molecule has 3 aromatic rings. The van der Waals surface area contributed by atoms with E-state index in [-0.39, 0.29) is 30.6 Å². The zero-order valence-electron chi connectivity index (χ0n) is 15.6. The van der Waals surface area contributed by atoms with Crippen LogP contribution >= 0.6 is 22.6 Å². The van der Waals surface area contributed by atoms with Crippen molar-refractivity contribution in [3.8, 4) is 11.5 Å². The topological polar surface area (TPSA) is 80.9 Å². The minimum Gasteiger partial charge on any atom is -0.508 e. The Labute approximate surface area is 178 Å². The predicted molar refractivity (Wildman–Crippen MR) is 118 cm³/mol. The van der Waals surface area contributed by atoms with Gasteiger partial charge < -0.3 is 20.4 Å². The molecule has 3 rings (SSSR count). The zero-order chi connectivity index (χ0) is 20.3.